The minimum absolute atomic E-state index is 0.307. The summed E-state index contributed by atoms with van der Waals surface area (Å²) in [7, 11) is 0. The number of carbonyl (C=O) groups excluding carboxylic acids is 2. The molecule has 0 spiro atoms. The Morgan fingerprint density at radius 3 is 2.53 bits per heavy atom. The van der Waals surface area contributed by atoms with Crippen molar-refractivity contribution < 1.29 is 14.3 Å². The van der Waals surface area contributed by atoms with E-state index < -0.39 is 12.2 Å². The highest BCUT2D eigenvalue weighted by Gasteiger charge is 2.13. The minimum Gasteiger partial charge on any atom is -0.436 e. The first-order valence-electron chi connectivity index (χ1n) is 6.05. The van der Waals surface area contributed by atoms with E-state index in [1.54, 1.807) is 6.92 Å². The Hall–Kier alpha value is -1.41. The van der Waals surface area contributed by atoms with E-state index in [4.69, 9.17) is 4.74 Å². The van der Waals surface area contributed by atoms with Gasteiger partial charge in [0.15, 0.2) is 0 Å². The van der Waals surface area contributed by atoms with E-state index in [9.17, 15) is 9.59 Å². The minimum atomic E-state index is -0.710. The van der Waals surface area contributed by atoms with Gasteiger partial charge in [-0.2, -0.15) is 4.99 Å². The summed E-state index contributed by atoms with van der Waals surface area (Å²) >= 11 is 0. The van der Waals surface area contributed by atoms with Crippen LogP contribution in [0.3, 0.4) is 0 Å². The van der Waals surface area contributed by atoms with Gasteiger partial charge in [0.2, 0.25) is 12.3 Å². The molecule has 0 aliphatic heterocycles. The van der Waals surface area contributed by atoms with Crippen molar-refractivity contribution in [1.29, 1.82) is 0 Å². The average Bonchev–Trinajstić information content (AvgIpc) is 2.28. The van der Waals surface area contributed by atoms with Gasteiger partial charge in [0.1, 0.15) is 0 Å². The Morgan fingerprint density at radius 1 is 1.35 bits per heavy atom. The van der Waals surface area contributed by atoms with Crippen LogP contribution < -0.4 is 0 Å². The SMILES string of the molecule is C=C(C)C(=O)OC(CCCCCCC)N=C=O. The number of carbonyl (C=O) groups is 1. The normalized spacial score (nSPS) is 11.4. The molecule has 1 unspecified atom stereocenters. The highest BCUT2D eigenvalue weighted by molar-refractivity contribution is 5.87. The molecule has 0 aliphatic carbocycles. The predicted molar refractivity (Wildman–Crippen MR) is 66.2 cm³/mol. The Bertz CT molecular complexity index is 293. The molecule has 0 aromatic rings. The number of unbranched alkanes of at least 4 members (excludes halogenated alkanes) is 4. The van der Waals surface area contributed by atoms with Gasteiger partial charge in [0, 0.05) is 12.0 Å². The molecule has 0 saturated heterocycles. The largest absolute Gasteiger partial charge is 0.436 e. The molecule has 0 aromatic heterocycles. The molecule has 17 heavy (non-hydrogen) atoms. The van der Waals surface area contributed by atoms with Gasteiger partial charge in [-0.05, 0) is 13.3 Å². The van der Waals surface area contributed by atoms with Crippen molar-refractivity contribution in [2.24, 2.45) is 4.99 Å². The van der Waals surface area contributed by atoms with E-state index in [2.05, 4.69) is 18.5 Å². The maximum atomic E-state index is 11.3. The van der Waals surface area contributed by atoms with E-state index in [0.717, 1.165) is 19.3 Å². The smallest absolute Gasteiger partial charge is 0.335 e. The van der Waals surface area contributed by atoms with Crippen LogP contribution in [0.1, 0.15) is 52.4 Å². The lowest BCUT2D eigenvalue weighted by Crippen LogP contribution is -2.16. The summed E-state index contributed by atoms with van der Waals surface area (Å²) in [6.07, 6.45) is 6.77. The fraction of sp³-hybridized carbons (Fsp3) is 0.692. The summed E-state index contributed by atoms with van der Waals surface area (Å²) in [6, 6.07) is 0. The second-order valence-electron chi connectivity index (χ2n) is 4.06. The molecule has 1 atom stereocenters. The van der Waals surface area contributed by atoms with Gasteiger partial charge in [0.05, 0.1) is 0 Å². The number of rotatable bonds is 9. The lowest BCUT2D eigenvalue weighted by atomic mass is 10.1. The van der Waals surface area contributed by atoms with Crippen LogP contribution in [-0.2, 0) is 14.3 Å². The monoisotopic (exact) mass is 239 g/mol. The summed E-state index contributed by atoms with van der Waals surface area (Å²) in [5, 5.41) is 0. The van der Waals surface area contributed by atoms with E-state index in [1.165, 1.54) is 18.9 Å². The van der Waals surface area contributed by atoms with Crippen molar-refractivity contribution in [2.45, 2.75) is 58.6 Å². The number of ether oxygens (including phenoxy) is 1. The van der Waals surface area contributed by atoms with Crippen molar-refractivity contribution in [3.63, 3.8) is 0 Å². The number of nitrogens with zero attached hydrogens (tertiary/aromatic N) is 1. The van der Waals surface area contributed by atoms with Gasteiger partial charge in [-0.25, -0.2) is 9.59 Å². The van der Waals surface area contributed by atoms with Gasteiger partial charge >= 0.3 is 5.97 Å². The van der Waals surface area contributed by atoms with Gasteiger partial charge in [-0.3, -0.25) is 0 Å². The molecule has 0 saturated carbocycles. The zero-order valence-corrected chi connectivity index (χ0v) is 10.7. The van der Waals surface area contributed by atoms with Crippen LogP contribution in [0.2, 0.25) is 0 Å². The third-order valence-electron chi connectivity index (χ3n) is 2.34. The van der Waals surface area contributed by atoms with Crippen LogP contribution in [0.15, 0.2) is 17.1 Å². The van der Waals surface area contributed by atoms with Crippen LogP contribution in [0.4, 0.5) is 0 Å². The Balaban J connectivity index is 3.95. The first kappa shape index (κ1) is 15.6. The summed E-state index contributed by atoms with van der Waals surface area (Å²) in [5.41, 5.74) is 0.307. The second kappa shape index (κ2) is 9.79. The lowest BCUT2D eigenvalue weighted by Gasteiger charge is -2.11. The fourth-order valence-corrected chi connectivity index (χ4v) is 1.36. The first-order valence-corrected chi connectivity index (χ1v) is 6.05. The molecule has 0 heterocycles. The quantitative estimate of drug-likeness (QED) is 0.204. The lowest BCUT2D eigenvalue weighted by molar-refractivity contribution is -0.144. The van der Waals surface area contributed by atoms with E-state index in [1.807, 2.05) is 0 Å². The Kier molecular flexibility index (Phi) is 8.98. The highest BCUT2D eigenvalue weighted by Crippen LogP contribution is 2.11. The Labute approximate surface area is 103 Å². The van der Waals surface area contributed by atoms with Gasteiger partial charge in [-0.15, -0.1) is 0 Å². The van der Waals surface area contributed by atoms with Crippen LogP contribution in [0.25, 0.3) is 0 Å². The number of hydrogen-bond donors (Lipinski definition) is 0. The molecular weight excluding hydrogens is 218 g/mol. The maximum absolute atomic E-state index is 11.3. The third-order valence-corrected chi connectivity index (χ3v) is 2.34. The van der Waals surface area contributed by atoms with E-state index in [0.29, 0.717) is 12.0 Å². The number of isocyanates is 1. The molecule has 0 bridgehead atoms. The standard InChI is InChI=1S/C13H21NO3/c1-4-5-6-7-8-9-12(14-10-15)17-13(16)11(2)3/h12H,2,4-9H2,1,3H3. The van der Waals surface area contributed by atoms with Crippen molar-refractivity contribution in [2.75, 3.05) is 0 Å². The van der Waals surface area contributed by atoms with Crippen molar-refractivity contribution in [3.05, 3.63) is 12.2 Å². The summed E-state index contributed by atoms with van der Waals surface area (Å²) in [4.78, 5) is 24.9. The fourth-order valence-electron chi connectivity index (χ4n) is 1.36. The molecule has 0 rings (SSSR count). The zero-order chi connectivity index (χ0) is 13.1. The second-order valence-corrected chi connectivity index (χ2v) is 4.06. The number of hydrogen-bond acceptors (Lipinski definition) is 4. The summed E-state index contributed by atoms with van der Waals surface area (Å²) in [6.45, 7) is 7.18. The molecule has 0 aliphatic rings. The highest BCUT2D eigenvalue weighted by atomic mass is 16.6. The van der Waals surface area contributed by atoms with Crippen molar-refractivity contribution >= 4 is 12.0 Å². The van der Waals surface area contributed by atoms with Gasteiger partial charge < -0.3 is 4.74 Å². The Morgan fingerprint density at radius 2 is 2.00 bits per heavy atom. The number of esters is 1. The molecule has 0 amide bonds. The summed E-state index contributed by atoms with van der Waals surface area (Å²) < 4.78 is 4.99. The van der Waals surface area contributed by atoms with E-state index >= 15 is 0 Å². The molecular formula is C13H21NO3. The average molecular weight is 239 g/mol. The van der Waals surface area contributed by atoms with Crippen molar-refractivity contribution in [1.82, 2.24) is 0 Å². The van der Waals surface area contributed by atoms with Crippen LogP contribution in [0.5, 0.6) is 0 Å². The molecule has 4 heteroatoms. The molecule has 0 radical (unpaired) electrons. The van der Waals surface area contributed by atoms with Crippen molar-refractivity contribution in [3.8, 4) is 0 Å². The molecule has 4 nitrogen and oxygen atoms in total. The first-order chi connectivity index (χ1) is 8.11. The third kappa shape index (κ3) is 8.40. The molecule has 0 N–H and O–H groups in total. The summed E-state index contributed by atoms with van der Waals surface area (Å²) in [5.74, 6) is -0.512. The van der Waals surface area contributed by atoms with Gasteiger partial charge in [-0.1, -0.05) is 39.2 Å². The molecule has 96 valence electrons. The predicted octanol–water partition coefficient (Wildman–Crippen LogP) is 3.13. The number of aliphatic imine (C=N–C) groups is 1. The van der Waals surface area contributed by atoms with Crippen LogP contribution >= 0.6 is 0 Å². The maximum Gasteiger partial charge on any atom is 0.335 e. The zero-order valence-electron chi connectivity index (χ0n) is 10.7. The van der Waals surface area contributed by atoms with E-state index in [-0.39, 0.29) is 0 Å². The van der Waals surface area contributed by atoms with Crippen LogP contribution in [-0.4, -0.2) is 18.3 Å². The topological polar surface area (TPSA) is 55.7 Å². The molecule has 0 aromatic carbocycles. The van der Waals surface area contributed by atoms with Gasteiger partial charge in [0.25, 0.3) is 0 Å². The molecule has 0 fully saturated rings. The van der Waals surface area contributed by atoms with Crippen LogP contribution in [0, 0.1) is 0 Å².